The highest BCUT2D eigenvalue weighted by molar-refractivity contribution is 7.09. The zero-order valence-electron chi connectivity index (χ0n) is 8.99. The van der Waals surface area contributed by atoms with E-state index in [9.17, 15) is 0 Å². The van der Waals surface area contributed by atoms with Gasteiger partial charge in [0.05, 0.1) is 10.7 Å². The minimum Gasteiger partial charge on any atom is -0.330 e. The van der Waals surface area contributed by atoms with Gasteiger partial charge < -0.3 is 10.6 Å². The highest BCUT2D eigenvalue weighted by Gasteiger charge is 2.01. The first-order valence-electron chi connectivity index (χ1n) is 5.00. The number of thiazole rings is 1. The van der Waals surface area contributed by atoms with Crippen LogP contribution in [0.1, 0.15) is 17.1 Å². The molecule has 2 N–H and O–H groups in total. The zero-order chi connectivity index (χ0) is 10.4. The predicted molar refractivity (Wildman–Crippen MR) is 61.7 cm³/mol. The number of aromatic nitrogens is 1. The number of nitrogens with two attached hydrogens (primary N) is 1. The van der Waals surface area contributed by atoms with Crippen molar-refractivity contribution in [2.45, 2.75) is 19.3 Å². The lowest BCUT2D eigenvalue weighted by Gasteiger charge is -2.06. The van der Waals surface area contributed by atoms with E-state index in [1.54, 1.807) is 11.3 Å². The highest BCUT2D eigenvalue weighted by atomic mass is 32.1. The fraction of sp³-hybridized carbons (Fsp3) is 0.700. The van der Waals surface area contributed by atoms with Crippen molar-refractivity contribution in [2.24, 2.45) is 5.73 Å². The Kier molecular flexibility index (Phi) is 5.07. The van der Waals surface area contributed by atoms with Crippen molar-refractivity contribution in [2.75, 3.05) is 27.2 Å². The molecule has 1 aromatic heterocycles. The largest absolute Gasteiger partial charge is 0.330 e. The molecule has 4 heteroatoms. The van der Waals surface area contributed by atoms with E-state index in [4.69, 9.17) is 5.73 Å². The lowest BCUT2D eigenvalue weighted by molar-refractivity contribution is 0.413. The summed E-state index contributed by atoms with van der Waals surface area (Å²) in [7, 11) is 4.17. The molecular weight excluding hydrogens is 194 g/mol. The Morgan fingerprint density at radius 3 is 2.86 bits per heavy atom. The Morgan fingerprint density at radius 1 is 1.43 bits per heavy atom. The summed E-state index contributed by atoms with van der Waals surface area (Å²) in [5, 5.41) is 3.39. The second kappa shape index (κ2) is 6.11. The van der Waals surface area contributed by atoms with E-state index in [1.165, 1.54) is 10.7 Å². The summed E-state index contributed by atoms with van der Waals surface area (Å²) >= 11 is 1.76. The Balaban J connectivity index is 2.35. The summed E-state index contributed by atoms with van der Waals surface area (Å²) in [6.45, 7) is 1.83. The van der Waals surface area contributed by atoms with Crippen LogP contribution in [0.4, 0.5) is 0 Å². The third-order valence-corrected chi connectivity index (χ3v) is 2.97. The van der Waals surface area contributed by atoms with Crippen LogP contribution >= 0.6 is 11.3 Å². The van der Waals surface area contributed by atoms with Crippen molar-refractivity contribution in [1.82, 2.24) is 9.88 Å². The van der Waals surface area contributed by atoms with Crippen molar-refractivity contribution in [3.8, 4) is 0 Å². The van der Waals surface area contributed by atoms with Crippen LogP contribution < -0.4 is 5.73 Å². The monoisotopic (exact) mass is 213 g/mol. The van der Waals surface area contributed by atoms with Gasteiger partial charge in [0.15, 0.2) is 0 Å². The third kappa shape index (κ3) is 4.17. The van der Waals surface area contributed by atoms with Crippen LogP contribution in [0.15, 0.2) is 5.38 Å². The van der Waals surface area contributed by atoms with Gasteiger partial charge in [-0.3, -0.25) is 0 Å². The molecule has 80 valence electrons. The molecule has 0 spiro atoms. The standard InChI is InChI=1S/C10H19N3S/c1-13(2)7-5-10-12-9(8-14-10)4-3-6-11/h8H,3-7,11H2,1-2H3. The van der Waals surface area contributed by atoms with Gasteiger partial charge in [-0.05, 0) is 33.5 Å². The van der Waals surface area contributed by atoms with E-state index in [1.807, 2.05) is 0 Å². The van der Waals surface area contributed by atoms with E-state index < -0.39 is 0 Å². The molecule has 0 aliphatic heterocycles. The first-order valence-corrected chi connectivity index (χ1v) is 5.88. The maximum absolute atomic E-state index is 5.45. The predicted octanol–water partition coefficient (Wildman–Crippen LogP) is 1.14. The average molecular weight is 213 g/mol. The third-order valence-electron chi connectivity index (χ3n) is 2.01. The molecule has 0 saturated carbocycles. The molecule has 0 aliphatic rings. The van der Waals surface area contributed by atoms with E-state index in [-0.39, 0.29) is 0 Å². The summed E-state index contributed by atoms with van der Waals surface area (Å²) in [5.74, 6) is 0. The first-order chi connectivity index (χ1) is 6.72. The number of hydrogen-bond acceptors (Lipinski definition) is 4. The van der Waals surface area contributed by atoms with Gasteiger partial charge in [0, 0.05) is 18.3 Å². The van der Waals surface area contributed by atoms with Gasteiger partial charge in [0.2, 0.25) is 0 Å². The summed E-state index contributed by atoms with van der Waals surface area (Å²) < 4.78 is 0. The normalized spacial score (nSPS) is 11.1. The van der Waals surface area contributed by atoms with Crippen molar-refractivity contribution in [1.29, 1.82) is 0 Å². The van der Waals surface area contributed by atoms with E-state index in [0.717, 1.165) is 32.4 Å². The van der Waals surface area contributed by atoms with Gasteiger partial charge >= 0.3 is 0 Å². The molecule has 0 bridgehead atoms. The SMILES string of the molecule is CN(C)CCc1nc(CCCN)cs1. The Morgan fingerprint density at radius 2 is 2.21 bits per heavy atom. The number of nitrogens with zero attached hydrogens (tertiary/aromatic N) is 2. The molecule has 0 unspecified atom stereocenters. The molecule has 1 heterocycles. The molecule has 0 amide bonds. The smallest absolute Gasteiger partial charge is 0.0941 e. The van der Waals surface area contributed by atoms with Crippen LogP contribution in [0.25, 0.3) is 0 Å². The molecule has 0 saturated heterocycles. The van der Waals surface area contributed by atoms with Crippen molar-refractivity contribution < 1.29 is 0 Å². The van der Waals surface area contributed by atoms with E-state index >= 15 is 0 Å². The van der Waals surface area contributed by atoms with Crippen molar-refractivity contribution >= 4 is 11.3 Å². The average Bonchev–Trinajstić information content (AvgIpc) is 2.59. The Hall–Kier alpha value is -0.450. The molecule has 0 fully saturated rings. The number of aryl methyl sites for hydroxylation is 1. The second-order valence-corrected chi connectivity index (χ2v) is 4.62. The van der Waals surface area contributed by atoms with E-state index in [0.29, 0.717) is 0 Å². The molecule has 1 rings (SSSR count). The van der Waals surface area contributed by atoms with Crippen LogP contribution in [-0.2, 0) is 12.8 Å². The lowest BCUT2D eigenvalue weighted by atomic mass is 10.2. The van der Waals surface area contributed by atoms with Crippen LogP contribution in [0.3, 0.4) is 0 Å². The first kappa shape index (κ1) is 11.6. The maximum atomic E-state index is 5.45. The van der Waals surface area contributed by atoms with Crippen molar-refractivity contribution in [3.05, 3.63) is 16.1 Å². The fourth-order valence-corrected chi connectivity index (χ4v) is 2.00. The molecule has 0 aliphatic carbocycles. The zero-order valence-corrected chi connectivity index (χ0v) is 9.81. The lowest BCUT2D eigenvalue weighted by Crippen LogP contribution is -2.14. The minimum absolute atomic E-state index is 0.755. The molecule has 0 radical (unpaired) electrons. The molecular formula is C10H19N3S. The quantitative estimate of drug-likeness (QED) is 0.770. The molecule has 14 heavy (non-hydrogen) atoms. The molecule has 0 atom stereocenters. The number of rotatable bonds is 6. The molecule has 3 nitrogen and oxygen atoms in total. The van der Waals surface area contributed by atoms with Gasteiger partial charge in [-0.1, -0.05) is 0 Å². The van der Waals surface area contributed by atoms with Gasteiger partial charge in [0.25, 0.3) is 0 Å². The summed E-state index contributed by atoms with van der Waals surface area (Å²) in [4.78, 5) is 6.74. The summed E-state index contributed by atoms with van der Waals surface area (Å²) in [6, 6.07) is 0. The van der Waals surface area contributed by atoms with Gasteiger partial charge in [0.1, 0.15) is 0 Å². The van der Waals surface area contributed by atoms with Gasteiger partial charge in [-0.15, -0.1) is 11.3 Å². The van der Waals surface area contributed by atoms with E-state index in [2.05, 4.69) is 29.4 Å². The highest BCUT2D eigenvalue weighted by Crippen LogP contribution is 2.11. The topological polar surface area (TPSA) is 42.2 Å². The summed E-state index contributed by atoms with van der Waals surface area (Å²) in [6.07, 6.45) is 3.12. The van der Waals surface area contributed by atoms with Gasteiger partial charge in [-0.25, -0.2) is 4.98 Å². The fourth-order valence-electron chi connectivity index (χ4n) is 1.18. The Bertz CT molecular complexity index is 258. The minimum atomic E-state index is 0.755. The summed E-state index contributed by atoms with van der Waals surface area (Å²) in [5.41, 5.74) is 6.65. The Labute approximate surface area is 89.9 Å². The van der Waals surface area contributed by atoms with Crippen molar-refractivity contribution in [3.63, 3.8) is 0 Å². The van der Waals surface area contributed by atoms with Crippen LogP contribution in [0.5, 0.6) is 0 Å². The molecule has 0 aromatic carbocycles. The van der Waals surface area contributed by atoms with Gasteiger partial charge in [-0.2, -0.15) is 0 Å². The number of hydrogen-bond donors (Lipinski definition) is 1. The molecule has 1 aromatic rings. The van der Waals surface area contributed by atoms with Crippen LogP contribution in [-0.4, -0.2) is 37.1 Å². The van der Waals surface area contributed by atoms with Crippen LogP contribution in [0, 0.1) is 0 Å². The van der Waals surface area contributed by atoms with Crippen LogP contribution in [0.2, 0.25) is 0 Å². The second-order valence-electron chi connectivity index (χ2n) is 3.68. The maximum Gasteiger partial charge on any atom is 0.0941 e. The number of likely N-dealkylation sites (N-methyl/N-ethyl adjacent to an activating group) is 1.